The zero-order chi connectivity index (χ0) is 38.1. The molecule has 1 atom stereocenters. The fourth-order valence-corrected chi connectivity index (χ4v) is 5.74. The quantitative estimate of drug-likeness (QED) is 0.327. The van der Waals surface area contributed by atoms with Gasteiger partial charge in [-0.3, -0.25) is 24.0 Å². The Hall–Kier alpha value is -5.26. The zero-order valence-electron chi connectivity index (χ0n) is 31.4. The van der Waals surface area contributed by atoms with Crippen molar-refractivity contribution in [2.45, 2.75) is 72.9 Å². The molecule has 0 unspecified atom stereocenters. The highest BCUT2D eigenvalue weighted by Gasteiger charge is 2.29. The van der Waals surface area contributed by atoms with Crippen molar-refractivity contribution in [3.63, 3.8) is 0 Å². The van der Waals surface area contributed by atoms with E-state index >= 15 is 0 Å². The summed E-state index contributed by atoms with van der Waals surface area (Å²) in [6.07, 6.45) is 2.88. The molecule has 0 spiro atoms. The van der Waals surface area contributed by atoms with Crippen molar-refractivity contribution in [3.05, 3.63) is 89.2 Å². The molecule has 52 heavy (non-hydrogen) atoms. The summed E-state index contributed by atoms with van der Waals surface area (Å²) in [5, 5.41) is 8.68. The lowest BCUT2D eigenvalue weighted by Gasteiger charge is -2.28. The molecule has 0 aliphatic carbocycles. The van der Waals surface area contributed by atoms with E-state index in [4.69, 9.17) is 4.74 Å². The number of nitrogens with zero attached hydrogens (tertiary/aromatic N) is 3. The van der Waals surface area contributed by atoms with E-state index in [0.29, 0.717) is 48.5 Å². The molecule has 2 aromatic carbocycles. The fraction of sp³-hybridized carbons (Fsp3) is 0.450. The lowest BCUT2D eigenvalue weighted by molar-refractivity contribution is -0.135. The van der Waals surface area contributed by atoms with Gasteiger partial charge in [0.25, 0.3) is 11.8 Å². The van der Waals surface area contributed by atoms with Crippen LogP contribution in [0, 0.1) is 10.8 Å². The van der Waals surface area contributed by atoms with Gasteiger partial charge in [-0.1, -0.05) is 58.9 Å². The number of ether oxygens (including phenoxy) is 1. The number of anilines is 1. The van der Waals surface area contributed by atoms with Crippen LogP contribution in [-0.2, 0) is 27.3 Å². The smallest absolute Gasteiger partial charge is 0.270 e. The highest BCUT2D eigenvalue weighted by atomic mass is 16.5. The average Bonchev–Trinajstić information content (AvgIpc) is 3.08. The summed E-state index contributed by atoms with van der Waals surface area (Å²) in [4.78, 5) is 73.4. The Morgan fingerprint density at radius 2 is 1.52 bits per heavy atom. The number of hydrogen-bond acceptors (Lipinski definition) is 7. The molecular formula is C40H52N6O6. The normalized spacial score (nSPS) is 18.9. The van der Waals surface area contributed by atoms with Gasteiger partial charge in [-0.15, -0.1) is 0 Å². The largest absolute Gasteiger partial charge is 0.490 e. The molecule has 0 saturated carbocycles. The summed E-state index contributed by atoms with van der Waals surface area (Å²) in [6, 6.07) is 16.7. The highest BCUT2D eigenvalue weighted by molar-refractivity contribution is 6.01. The molecule has 0 fully saturated rings. The Morgan fingerprint density at radius 3 is 2.15 bits per heavy atom. The molecule has 3 aromatic rings. The van der Waals surface area contributed by atoms with E-state index < -0.39 is 23.3 Å². The van der Waals surface area contributed by atoms with Crippen LogP contribution >= 0.6 is 0 Å². The van der Waals surface area contributed by atoms with E-state index in [-0.39, 0.29) is 54.8 Å². The number of rotatable bonds is 1. The van der Waals surface area contributed by atoms with Gasteiger partial charge < -0.3 is 30.5 Å². The van der Waals surface area contributed by atoms with E-state index in [9.17, 15) is 24.0 Å². The Bertz CT molecular complexity index is 1730. The second kappa shape index (κ2) is 17.3. The van der Waals surface area contributed by atoms with Crippen LogP contribution in [0.15, 0.2) is 66.9 Å². The van der Waals surface area contributed by atoms with Gasteiger partial charge in [0.05, 0.1) is 12.7 Å². The molecule has 278 valence electrons. The van der Waals surface area contributed by atoms with E-state index in [2.05, 4.69) is 20.9 Å². The molecule has 5 heterocycles. The Kier molecular flexibility index (Phi) is 13.2. The fourth-order valence-electron chi connectivity index (χ4n) is 5.74. The van der Waals surface area contributed by atoms with Crippen molar-refractivity contribution >= 4 is 35.2 Å². The minimum atomic E-state index is -0.808. The molecule has 4 aliphatic rings. The molecular weight excluding hydrogens is 660 g/mol. The van der Waals surface area contributed by atoms with Crippen LogP contribution in [0.4, 0.5) is 5.69 Å². The first-order valence-electron chi connectivity index (χ1n) is 17.6. The Balaban J connectivity index is 1.53. The van der Waals surface area contributed by atoms with Gasteiger partial charge in [-0.25, -0.2) is 4.98 Å². The van der Waals surface area contributed by atoms with E-state index in [1.54, 1.807) is 60.3 Å². The topological polar surface area (TPSA) is 150 Å². The second-order valence-corrected chi connectivity index (χ2v) is 15.5. The number of nitrogens with one attached hydrogen (secondary N) is 3. The van der Waals surface area contributed by atoms with Crippen molar-refractivity contribution in [1.29, 1.82) is 0 Å². The Morgan fingerprint density at radius 1 is 0.846 bits per heavy atom. The van der Waals surface area contributed by atoms with Crippen LogP contribution in [0.25, 0.3) is 0 Å². The number of carbonyl (C=O) groups is 5. The lowest BCUT2D eigenvalue weighted by Crippen LogP contribution is -2.45. The summed E-state index contributed by atoms with van der Waals surface area (Å²) in [6.45, 7) is 11.0. The van der Waals surface area contributed by atoms with Crippen LogP contribution in [0.1, 0.15) is 85.9 Å². The minimum absolute atomic E-state index is 0.0497. The summed E-state index contributed by atoms with van der Waals surface area (Å²) in [5.41, 5.74) is 2.02. The predicted molar refractivity (Wildman–Crippen MR) is 200 cm³/mol. The summed E-state index contributed by atoms with van der Waals surface area (Å²) >= 11 is 0. The number of carbonyl (C=O) groups excluding carboxylic acids is 5. The first-order chi connectivity index (χ1) is 24.5. The van der Waals surface area contributed by atoms with E-state index in [0.717, 1.165) is 5.56 Å². The van der Waals surface area contributed by atoms with Crippen LogP contribution < -0.4 is 20.7 Å². The third-order valence-electron chi connectivity index (χ3n) is 8.81. The molecule has 5 amide bonds. The third kappa shape index (κ3) is 12.2. The van der Waals surface area contributed by atoms with Crippen molar-refractivity contribution in [2.75, 3.05) is 39.1 Å². The van der Waals surface area contributed by atoms with Crippen molar-refractivity contribution < 1.29 is 28.7 Å². The second-order valence-electron chi connectivity index (χ2n) is 15.5. The average molecular weight is 713 g/mol. The van der Waals surface area contributed by atoms with E-state index in [1.165, 1.54) is 6.20 Å². The van der Waals surface area contributed by atoms with Gasteiger partial charge in [-0.2, -0.15) is 0 Å². The van der Waals surface area contributed by atoms with Gasteiger partial charge in [0.1, 0.15) is 24.1 Å². The van der Waals surface area contributed by atoms with Gasteiger partial charge >= 0.3 is 0 Å². The molecule has 0 saturated heterocycles. The molecule has 4 aliphatic heterocycles. The van der Waals surface area contributed by atoms with Crippen LogP contribution in [-0.4, -0.2) is 84.2 Å². The van der Waals surface area contributed by atoms with Crippen molar-refractivity contribution in [3.8, 4) is 5.75 Å². The maximum Gasteiger partial charge on any atom is 0.270 e. The number of amides is 5. The standard InChI is InChI=1S/C40H52N6O6/c1-39(2,3)22-33-38(51)43-30-13-11-27(12-14-30)17-18-45(6)34(47)23-40(4,5)24-35(48)46(7)19-20-52-31-15-16-32(41-26-31)37(50)42-25-28-9-8-10-29(21-28)36(49)44-33/h8-16,21,26,33H,17-20,22-25H2,1-7H3,(H,42,50)(H,43,51)(H,44,49)/t33-/m0/s1. The van der Waals surface area contributed by atoms with Crippen LogP contribution in [0.5, 0.6) is 5.75 Å². The summed E-state index contributed by atoms with van der Waals surface area (Å²) in [7, 11) is 3.46. The molecule has 12 heteroatoms. The number of likely N-dealkylation sites (N-methyl/N-ethyl adjacent to an activating group) is 2. The number of aromatic nitrogens is 1. The molecule has 12 nitrogen and oxygen atoms in total. The maximum atomic E-state index is 13.5. The third-order valence-corrected chi connectivity index (χ3v) is 8.81. The first kappa shape index (κ1) is 39.5. The summed E-state index contributed by atoms with van der Waals surface area (Å²) < 4.78 is 5.78. The van der Waals surface area contributed by atoms with Gasteiger partial charge in [0, 0.05) is 51.3 Å². The molecule has 1 aromatic heterocycles. The maximum absolute atomic E-state index is 13.5. The van der Waals surface area contributed by atoms with Crippen LogP contribution in [0.3, 0.4) is 0 Å². The lowest BCUT2D eigenvalue weighted by atomic mass is 9.84. The zero-order valence-corrected chi connectivity index (χ0v) is 31.4. The van der Waals surface area contributed by atoms with E-state index in [1.807, 2.05) is 58.9 Å². The van der Waals surface area contributed by atoms with Crippen molar-refractivity contribution in [2.24, 2.45) is 10.8 Å². The molecule has 0 radical (unpaired) electrons. The highest BCUT2D eigenvalue weighted by Crippen LogP contribution is 2.27. The monoisotopic (exact) mass is 712 g/mol. The van der Waals surface area contributed by atoms with Gasteiger partial charge in [0.2, 0.25) is 17.7 Å². The minimum Gasteiger partial charge on any atom is -0.490 e. The number of benzene rings is 2. The van der Waals surface area contributed by atoms with Crippen molar-refractivity contribution in [1.82, 2.24) is 25.4 Å². The van der Waals surface area contributed by atoms with Gasteiger partial charge in [-0.05, 0) is 71.2 Å². The molecule has 7 rings (SSSR count). The Labute approximate surface area is 306 Å². The summed E-state index contributed by atoms with van der Waals surface area (Å²) in [5.74, 6) is -0.827. The predicted octanol–water partition coefficient (Wildman–Crippen LogP) is 4.84. The number of pyridine rings is 1. The first-order valence-corrected chi connectivity index (χ1v) is 17.6. The van der Waals surface area contributed by atoms with Gasteiger partial charge in [0.15, 0.2) is 0 Å². The van der Waals surface area contributed by atoms with Crippen LogP contribution in [0.2, 0.25) is 0 Å². The SMILES string of the molecule is CN1CCOc2ccc(nc2)C(=O)NCc2cccc(c2)C(=O)N[C@@H](CC(C)(C)C)C(=O)Nc2ccc(cc2)CCN(C)C(=O)CC(C)(C)CC1=O. The molecule has 6 bridgehead atoms. The molecule has 3 N–H and O–H groups in total. The number of hydrogen-bond donors (Lipinski definition) is 3.